The number of carbonyl (C=O) groups is 2. The summed E-state index contributed by atoms with van der Waals surface area (Å²) >= 11 is 0. The van der Waals surface area contributed by atoms with Crippen LogP contribution in [0, 0.1) is 0 Å². The molecule has 1 aliphatic heterocycles. The van der Waals surface area contributed by atoms with Crippen LogP contribution in [0.2, 0.25) is 0 Å². The number of carbonyl (C=O) groups excluding carboxylic acids is 2. The number of rotatable bonds is 7. The van der Waals surface area contributed by atoms with E-state index in [1.807, 2.05) is 0 Å². The van der Waals surface area contributed by atoms with Gasteiger partial charge >= 0.3 is 5.97 Å². The van der Waals surface area contributed by atoms with Crippen molar-refractivity contribution in [3.05, 3.63) is 0 Å². The zero-order valence-electron chi connectivity index (χ0n) is 11.5. The summed E-state index contributed by atoms with van der Waals surface area (Å²) in [5, 5.41) is 3.12. The van der Waals surface area contributed by atoms with E-state index in [-0.39, 0.29) is 24.8 Å². The number of amides is 1. The first-order valence-corrected chi connectivity index (χ1v) is 8.03. The van der Waals surface area contributed by atoms with Crippen LogP contribution in [0.25, 0.3) is 0 Å². The van der Waals surface area contributed by atoms with E-state index >= 15 is 0 Å². The summed E-state index contributed by atoms with van der Waals surface area (Å²) in [6.07, 6.45) is 0.995. The van der Waals surface area contributed by atoms with Crippen LogP contribution in [0.5, 0.6) is 0 Å². The van der Waals surface area contributed by atoms with Gasteiger partial charge in [-0.3, -0.25) is 9.59 Å². The van der Waals surface area contributed by atoms with Crippen molar-refractivity contribution in [2.75, 3.05) is 32.5 Å². The monoisotopic (exact) mass is 307 g/mol. The van der Waals surface area contributed by atoms with Crippen molar-refractivity contribution in [3.63, 3.8) is 0 Å². The maximum Gasteiger partial charge on any atom is 0.306 e. The molecule has 3 N–H and O–H groups in total. The number of nitrogens with two attached hydrogens (primary N) is 1. The van der Waals surface area contributed by atoms with Gasteiger partial charge in [0.05, 0.1) is 25.8 Å². The van der Waals surface area contributed by atoms with Crippen molar-refractivity contribution in [2.45, 2.75) is 25.3 Å². The lowest BCUT2D eigenvalue weighted by molar-refractivity contribution is -0.140. The van der Waals surface area contributed by atoms with Gasteiger partial charge in [0, 0.05) is 6.04 Å². The SMILES string of the molecule is COC(=O)CCS(=O)(=O)N(CC(N)=O)C1CCNCC1. The highest BCUT2D eigenvalue weighted by Gasteiger charge is 2.32. The molecule has 0 radical (unpaired) electrons. The van der Waals surface area contributed by atoms with Crippen molar-refractivity contribution in [3.8, 4) is 0 Å². The maximum atomic E-state index is 12.3. The number of esters is 1. The fourth-order valence-electron chi connectivity index (χ4n) is 2.13. The van der Waals surface area contributed by atoms with Gasteiger partial charge in [-0.15, -0.1) is 0 Å². The van der Waals surface area contributed by atoms with Gasteiger partial charge in [0.2, 0.25) is 15.9 Å². The Kier molecular flexibility index (Phi) is 6.37. The normalized spacial score (nSPS) is 17.1. The standard InChI is InChI=1S/C11H21N3O5S/c1-19-11(16)4-7-20(17,18)14(8-10(12)15)9-2-5-13-6-3-9/h9,13H,2-8H2,1H3,(H2,12,15). The van der Waals surface area contributed by atoms with Crippen LogP contribution in [0.3, 0.4) is 0 Å². The van der Waals surface area contributed by atoms with Gasteiger partial charge in [0.25, 0.3) is 0 Å². The largest absolute Gasteiger partial charge is 0.469 e. The number of ether oxygens (including phenoxy) is 1. The first kappa shape index (κ1) is 16.9. The Bertz CT molecular complexity index is 445. The van der Waals surface area contributed by atoms with Crippen LogP contribution in [0.1, 0.15) is 19.3 Å². The summed E-state index contributed by atoms with van der Waals surface area (Å²) in [4.78, 5) is 22.2. The summed E-state index contributed by atoms with van der Waals surface area (Å²) in [5.41, 5.74) is 5.13. The van der Waals surface area contributed by atoms with E-state index in [1.165, 1.54) is 7.11 Å². The lowest BCUT2D eigenvalue weighted by Gasteiger charge is -2.32. The van der Waals surface area contributed by atoms with Gasteiger partial charge in [-0.1, -0.05) is 0 Å². The summed E-state index contributed by atoms with van der Waals surface area (Å²) in [5.74, 6) is -1.68. The van der Waals surface area contributed by atoms with Crippen LogP contribution in [-0.2, 0) is 24.3 Å². The Morgan fingerprint density at radius 3 is 2.45 bits per heavy atom. The fourth-order valence-corrected chi connectivity index (χ4v) is 3.78. The second-order valence-corrected chi connectivity index (χ2v) is 6.68. The molecule has 1 rings (SSSR count). The molecule has 1 aliphatic rings. The minimum absolute atomic E-state index is 0.237. The average Bonchev–Trinajstić information content (AvgIpc) is 2.43. The molecular weight excluding hydrogens is 286 g/mol. The van der Waals surface area contributed by atoms with Gasteiger partial charge < -0.3 is 15.8 Å². The molecule has 1 saturated heterocycles. The summed E-state index contributed by atoms with van der Waals surface area (Å²) < 4.78 is 30.1. The van der Waals surface area contributed by atoms with Crippen molar-refractivity contribution >= 4 is 21.9 Å². The van der Waals surface area contributed by atoms with E-state index in [0.29, 0.717) is 25.9 Å². The first-order valence-electron chi connectivity index (χ1n) is 6.42. The summed E-state index contributed by atoms with van der Waals surface area (Å²) in [6, 6.07) is -0.258. The fraction of sp³-hybridized carbons (Fsp3) is 0.818. The van der Waals surface area contributed by atoms with Crippen molar-refractivity contribution < 1.29 is 22.7 Å². The predicted molar refractivity (Wildman–Crippen MR) is 72.2 cm³/mol. The van der Waals surface area contributed by atoms with E-state index < -0.39 is 21.9 Å². The molecule has 0 aromatic rings. The highest BCUT2D eigenvalue weighted by atomic mass is 32.2. The summed E-state index contributed by atoms with van der Waals surface area (Å²) in [7, 11) is -2.52. The predicted octanol–water partition coefficient (Wildman–Crippen LogP) is -1.58. The second-order valence-electron chi connectivity index (χ2n) is 4.63. The minimum Gasteiger partial charge on any atom is -0.469 e. The third kappa shape index (κ3) is 5.06. The minimum atomic E-state index is -3.72. The van der Waals surface area contributed by atoms with E-state index in [0.717, 1.165) is 4.31 Å². The van der Waals surface area contributed by atoms with Crippen LogP contribution in [0.4, 0.5) is 0 Å². The number of nitrogens with zero attached hydrogens (tertiary/aromatic N) is 1. The smallest absolute Gasteiger partial charge is 0.306 e. The van der Waals surface area contributed by atoms with Crippen LogP contribution < -0.4 is 11.1 Å². The van der Waals surface area contributed by atoms with Crippen LogP contribution >= 0.6 is 0 Å². The third-order valence-electron chi connectivity index (χ3n) is 3.18. The van der Waals surface area contributed by atoms with Crippen LogP contribution in [-0.4, -0.2) is 63.1 Å². The number of primary amides is 1. The van der Waals surface area contributed by atoms with Gasteiger partial charge in [-0.25, -0.2) is 8.42 Å². The molecule has 0 saturated carbocycles. The first-order chi connectivity index (χ1) is 9.36. The van der Waals surface area contributed by atoms with Gasteiger partial charge in [0.15, 0.2) is 0 Å². The Morgan fingerprint density at radius 2 is 1.95 bits per heavy atom. The topological polar surface area (TPSA) is 119 Å². The zero-order chi connectivity index (χ0) is 15.2. The Balaban J connectivity index is 2.79. The molecule has 1 amide bonds. The molecule has 116 valence electrons. The number of hydrogen-bond donors (Lipinski definition) is 2. The van der Waals surface area contributed by atoms with Crippen molar-refractivity contribution in [1.29, 1.82) is 0 Å². The molecule has 20 heavy (non-hydrogen) atoms. The van der Waals surface area contributed by atoms with E-state index in [2.05, 4.69) is 10.1 Å². The molecule has 0 aromatic heterocycles. The Labute approximate surface area is 118 Å². The lowest BCUT2D eigenvalue weighted by atomic mass is 10.1. The lowest BCUT2D eigenvalue weighted by Crippen LogP contribution is -2.50. The maximum absolute atomic E-state index is 12.3. The van der Waals surface area contributed by atoms with Crippen molar-refractivity contribution in [1.82, 2.24) is 9.62 Å². The molecule has 0 aromatic carbocycles. The molecular formula is C11H21N3O5S. The molecule has 0 spiro atoms. The van der Waals surface area contributed by atoms with Gasteiger partial charge in [-0.05, 0) is 25.9 Å². The quantitative estimate of drug-likeness (QED) is 0.548. The molecule has 1 heterocycles. The summed E-state index contributed by atoms with van der Waals surface area (Å²) in [6.45, 7) is 1.02. The average molecular weight is 307 g/mol. The molecule has 0 bridgehead atoms. The van der Waals surface area contributed by atoms with Gasteiger partial charge in [0.1, 0.15) is 0 Å². The second kappa shape index (κ2) is 7.55. The molecule has 0 atom stereocenters. The molecule has 9 heteroatoms. The van der Waals surface area contributed by atoms with E-state index in [1.54, 1.807) is 0 Å². The number of nitrogens with one attached hydrogen (secondary N) is 1. The molecule has 0 aliphatic carbocycles. The molecule has 0 unspecified atom stereocenters. The van der Waals surface area contributed by atoms with Crippen molar-refractivity contribution in [2.24, 2.45) is 5.73 Å². The highest BCUT2D eigenvalue weighted by Crippen LogP contribution is 2.17. The third-order valence-corrected chi connectivity index (χ3v) is 5.04. The van der Waals surface area contributed by atoms with E-state index in [4.69, 9.17) is 5.73 Å². The number of piperidine rings is 1. The highest BCUT2D eigenvalue weighted by molar-refractivity contribution is 7.89. The van der Waals surface area contributed by atoms with Gasteiger partial charge in [-0.2, -0.15) is 4.31 Å². The Morgan fingerprint density at radius 1 is 1.35 bits per heavy atom. The number of sulfonamides is 1. The van der Waals surface area contributed by atoms with E-state index in [9.17, 15) is 18.0 Å². The zero-order valence-corrected chi connectivity index (χ0v) is 12.3. The Hall–Kier alpha value is -1.19. The number of hydrogen-bond acceptors (Lipinski definition) is 6. The number of methoxy groups -OCH3 is 1. The van der Waals surface area contributed by atoms with Crippen LogP contribution in [0.15, 0.2) is 0 Å². The molecule has 1 fully saturated rings. The molecule has 8 nitrogen and oxygen atoms in total.